The van der Waals surface area contributed by atoms with Gasteiger partial charge in [0.2, 0.25) is 0 Å². The highest BCUT2D eigenvalue weighted by atomic mass is 16.3. The van der Waals surface area contributed by atoms with E-state index in [2.05, 4.69) is 10.6 Å². The number of aliphatic hydroxyl groups excluding tert-OH is 1. The highest BCUT2D eigenvalue weighted by molar-refractivity contribution is 6.09. The van der Waals surface area contributed by atoms with Crippen LogP contribution < -0.4 is 10.6 Å². The van der Waals surface area contributed by atoms with Crippen LogP contribution in [0.4, 0.5) is 10.5 Å². The van der Waals surface area contributed by atoms with E-state index in [0.29, 0.717) is 16.8 Å². The Morgan fingerprint density at radius 1 is 0.952 bits per heavy atom. The number of amides is 2. The topological polar surface area (TPSA) is 78.4 Å². The molecule has 0 aliphatic carbocycles. The summed E-state index contributed by atoms with van der Waals surface area (Å²) in [5.74, 6) is -0.102. The molecular weight excluding hydrogens is 268 g/mol. The van der Waals surface area contributed by atoms with Crippen molar-refractivity contribution in [1.29, 1.82) is 0 Å². The second-order valence-corrected chi connectivity index (χ2v) is 4.38. The molecule has 2 amide bonds. The molecule has 0 aromatic heterocycles. The van der Waals surface area contributed by atoms with E-state index in [0.717, 1.165) is 0 Å². The number of hydrogen-bond acceptors (Lipinski definition) is 3. The molecule has 0 aliphatic heterocycles. The Morgan fingerprint density at radius 2 is 1.67 bits per heavy atom. The molecule has 0 fully saturated rings. The molecule has 0 unspecified atom stereocenters. The van der Waals surface area contributed by atoms with Gasteiger partial charge < -0.3 is 15.7 Å². The standard InChI is InChI=1S/C16H16N2O3/c19-10-9-17-16(21)18-14-8-4-7-13(11-14)15(20)12-5-2-1-3-6-12/h1-8,11,19H,9-10H2,(H2,17,18,21). The maximum atomic E-state index is 12.3. The van der Waals surface area contributed by atoms with Crippen molar-refractivity contribution >= 4 is 17.5 Å². The zero-order valence-corrected chi connectivity index (χ0v) is 11.4. The summed E-state index contributed by atoms with van der Waals surface area (Å²) in [6.07, 6.45) is 0. The molecule has 0 saturated carbocycles. The van der Waals surface area contributed by atoms with E-state index < -0.39 is 6.03 Å². The van der Waals surface area contributed by atoms with Crippen molar-refractivity contribution in [3.05, 3.63) is 65.7 Å². The second-order valence-electron chi connectivity index (χ2n) is 4.38. The van der Waals surface area contributed by atoms with Gasteiger partial charge in [0, 0.05) is 23.4 Å². The van der Waals surface area contributed by atoms with Crippen LogP contribution in [0.2, 0.25) is 0 Å². The van der Waals surface area contributed by atoms with Gasteiger partial charge in [-0.1, -0.05) is 42.5 Å². The Kier molecular flexibility index (Phi) is 5.06. The predicted molar refractivity (Wildman–Crippen MR) is 80.4 cm³/mol. The van der Waals surface area contributed by atoms with Gasteiger partial charge in [-0.25, -0.2) is 4.79 Å². The fourth-order valence-corrected chi connectivity index (χ4v) is 1.84. The molecule has 2 aromatic rings. The minimum absolute atomic E-state index is 0.102. The maximum Gasteiger partial charge on any atom is 0.319 e. The Morgan fingerprint density at radius 3 is 2.38 bits per heavy atom. The highest BCUT2D eigenvalue weighted by Gasteiger charge is 2.09. The summed E-state index contributed by atoms with van der Waals surface area (Å²) in [6.45, 7) is 0.0500. The average molecular weight is 284 g/mol. The van der Waals surface area contributed by atoms with Crippen LogP contribution in [-0.2, 0) is 0 Å². The number of carbonyl (C=O) groups is 2. The van der Waals surface area contributed by atoms with Crippen LogP contribution in [0, 0.1) is 0 Å². The number of hydrogen-bond donors (Lipinski definition) is 3. The van der Waals surface area contributed by atoms with E-state index in [1.54, 1.807) is 48.5 Å². The molecule has 0 bridgehead atoms. The van der Waals surface area contributed by atoms with Crippen LogP contribution in [0.1, 0.15) is 15.9 Å². The van der Waals surface area contributed by atoms with E-state index >= 15 is 0 Å². The number of urea groups is 1. The Balaban J connectivity index is 2.11. The number of rotatable bonds is 5. The van der Waals surface area contributed by atoms with Crippen molar-refractivity contribution in [3.63, 3.8) is 0 Å². The molecule has 0 aliphatic rings. The first-order valence-electron chi connectivity index (χ1n) is 6.56. The van der Waals surface area contributed by atoms with Crippen LogP contribution in [0.25, 0.3) is 0 Å². The third-order valence-corrected chi connectivity index (χ3v) is 2.82. The van der Waals surface area contributed by atoms with Gasteiger partial charge in [0.1, 0.15) is 0 Å². The number of nitrogens with one attached hydrogen (secondary N) is 2. The van der Waals surface area contributed by atoms with Crippen LogP contribution in [0.5, 0.6) is 0 Å². The van der Waals surface area contributed by atoms with Crippen LogP contribution in [0.15, 0.2) is 54.6 Å². The van der Waals surface area contributed by atoms with Gasteiger partial charge >= 0.3 is 6.03 Å². The number of aliphatic hydroxyl groups is 1. The van der Waals surface area contributed by atoms with Crippen molar-refractivity contribution in [2.24, 2.45) is 0 Å². The van der Waals surface area contributed by atoms with Crippen LogP contribution in [0.3, 0.4) is 0 Å². The van der Waals surface area contributed by atoms with Gasteiger partial charge in [0.05, 0.1) is 6.61 Å². The quantitative estimate of drug-likeness (QED) is 0.735. The van der Waals surface area contributed by atoms with Gasteiger partial charge in [0.25, 0.3) is 0 Å². The zero-order chi connectivity index (χ0) is 15.1. The summed E-state index contributed by atoms with van der Waals surface area (Å²) in [5.41, 5.74) is 1.62. The molecule has 3 N–H and O–H groups in total. The summed E-state index contributed by atoms with van der Waals surface area (Å²) in [7, 11) is 0. The number of anilines is 1. The Bertz CT molecular complexity index is 626. The molecule has 2 aromatic carbocycles. The summed E-state index contributed by atoms with van der Waals surface area (Å²) in [5, 5.41) is 13.7. The van der Waals surface area contributed by atoms with Crippen molar-refractivity contribution in [2.75, 3.05) is 18.5 Å². The normalized spacial score (nSPS) is 9.95. The first-order chi connectivity index (χ1) is 10.2. The van der Waals surface area contributed by atoms with Gasteiger partial charge in [-0.3, -0.25) is 4.79 Å². The number of carbonyl (C=O) groups excluding carboxylic acids is 2. The lowest BCUT2D eigenvalue weighted by molar-refractivity contribution is 0.103. The third-order valence-electron chi connectivity index (χ3n) is 2.82. The lowest BCUT2D eigenvalue weighted by Crippen LogP contribution is -2.31. The van der Waals surface area contributed by atoms with E-state index in [9.17, 15) is 9.59 Å². The lowest BCUT2D eigenvalue weighted by Gasteiger charge is -2.08. The van der Waals surface area contributed by atoms with E-state index in [1.165, 1.54) is 0 Å². The molecule has 5 heteroatoms. The minimum atomic E-state index is -0.423. The second kappa shape index (κ2) is 7.21. The Hall–Kier alpha value is -2.66. The van der Waals surface area contributed by atoms with E-state index in [4.69, 9.17) is 5.11 Å². The summed E-state index contributed by atoms with van der Waals surface area (Å²) >= 11 is 0. The molecule has 2 rings (SSSR count). The van der Waals surface area contributed by atoms with Gasteiger partial charge in [-0.2, -0.15) is 0 Å². The largest absolute Gasteiger partial charge is 0.395 e. The number of benzene rings is 2. The minimum Gasteiger partial charge on any atom is -0.395 e. The van der Waals surface area contributed by atoms with Crippen LogP contribution in [-0.4, -0.2) is 30.1 Å². The molecule has 0 heterocycles. The van der Waals surface area contributed by atoms with E-state index in [1.807, 2.05) is 6.07 Å². The van der Waals surface area contributed by atoms with Gasteiger partial charge in [-0.05, 0) is 12.1 Å². The molecule has 21 heavy (non-hydrogen) atoms. The first kappa shape index (κ1) is 14.7. The average Bonchev–Trinajstić information content (AvgIpc) is 2.53. The van der Waals surface area contributed by atoms with Gasteiger partial charge in [-0.15, -0.1) is 0 Å². The SMILES string of the molecule is O=C(NCCO)Nc1cccc(C(=O)c2ccccc2)c1. The maximum absolute atomic E-state index is 12.3. The molecule has 0 atom stereocenters. The summed E-state index contributed by atoms with van der Waals surface area (Å²) in [4.78, 5) is 23.8. The molecular formula is C16H16N2O3. The van der Waals surface area contributed by atoms with Gasteiger partial charge in [0.15, 0.2) is 5.78 Å². The molecule has 0 saturated heterocycles. The molecule has 108 valence electrons. The molecule has 5 nitrogen and oxygen atoms in total. The van der Waals surface area contributed by atoms with Crippen LogP contribution >= 0.6 is 0 Å². The predicted octanol–water partition coefficient (Wildman–Crippen LogP) is 2.03. The monoisotopic (exact) mass is 284 g/mol. The summed E-state index contributed by atoms with van der Waals surface area (Å²) < 4.78 is 0. The fourth-order valence-electron chi connectivity index (χ4n) is 1.84. The van der Waals surface area contributed by atoms with E-state index in [-0.39, 0.29) is 18.9 Å². The summed E-state index contributed by atoms with van der Waals surface area (Å²) in [6, 6.07) is 15.2. The smallest absolute Gasteiger partial charge is 0.319 e. The van der Waals surface area contributed by atoms with Crippen molar-refractivity contribution < 1.29 is 14.7 Å². The molecule has 0 spiro atoms. The van der Waals surface area contributed by atoms with Crippen molar-refractivity contribution in [2.45, 2.75) is 0 Å². The highest BCUT2D eigenvalue weighted by Crippen LogP contribution is 2.14. The fraction of sp³-hybridized carbons (Fsp3) is 0.125. The Labute approximate surface area is 122 Å². The lowest BCUT2D eigenvalue weighted by atomic mass is 10.0. The van der Waals surface area contributed by atoms with Crippen molar-refractivity contribution in [3.8, 4) is 0 Å². The molecule has 0 radical (unpaired) electrons. The zero-order valence-electron chi connectivity index (χ0n) is 11.4. The third kappa shape index (κ3) is 4.15. The number of ketones is 1. The first-order valence-corrected chi connectivity index (χ1v) is 6.56. The van der Waals surface area contributed by atoms with Crippen molar-refractivity contribution in [1.82, 2.24) is 5.32 Å².